The van der Waals surface area contributed by atoms with Crippen LogP contribution in [0.3, 0.4) is 0 Å². The van der Waals surface area contributed by atoms with Gasteiger partial charge in [-0.2, -0.15) is 0 Å². The zero-order valence-corrected chi connectivity index (χ0v) is 10.8. The molecule has 98 valence electrons. The van der Waals surface area contributed by atoms with Crippen molar-refractivity contribution in [1.29, 1.82) is 0 Å². The molecule has 0 saturated carbocycles. The standard InChI is InChI=1S/C13H19N3O2/c1-16(2)12-8-10(5-6-14-12)13(17)15-9-11-4-3-7-18-11/h5-6,8,11H,3-4,7,9H2,1-2H3,(H,15,17). The van der Waals surface area contributed by atoms with Crippen molar-refractivity contribution in [3.05, 3.63) is 23.9 Å². The zero-order valence-electron chi connectivity index (χ0n) is 10.8. The Morgan fingerprint density at radius 3 is 3.11 bits per heavy atom. The van der Waals surface area contributed by atoms with Crippen molar-refractivity contribution < 1.29 is 9.53 Å². The molecule has 1 atom stereocenters. The number of hydrogen-bond donors (Lipinski definition) is 1. The van der Waals surface area contributed by atoms with Crippen molar-refractivity contribution in [3.8, 4) is 0 Å². The fourth-order valence-corrected chi connectivity index (χ4v) is 1.92. The Hall–Kier alpha value is -1.62. The molecular weight excluding hydrogens is 230 g/mol. The van der Waals surface area contributed by atoms with Crippen LogP contribution in [0.1, 0.15) is 23.2 Å². The number of ether oxygens (including phenoxy) is 1. The maximum absolute atomic E-state index is 12.0. The van der Waals surface area contributed by atoms with E-state index in [1.807, 2.05) is 19.0 Å². The molecule has 0 spiro atoms. The Bertz CT molecular complexity index is 414. The SMILES string of the molecule is CN(C)c1cc(C(=O)NCC2CCCO2)ccn1. The summed E-state index contributed by atoms with van der Waals surface area (Å²) < 4.78 is 5.47. The molecule has 5 heteroatoms. The molecule has 2 rings (SSSR count). The van der Waals surface area contributed by atoms with Crippen molar-refractivity contribution in [1.82, 2.24) is 10.3 Å². The lowest BCUT2D eigenvalue weighted by Gasteiger charge is -2.13. The molecule has 1 aliphatic rings. The predicted octanol–water partition coefficient (Wildman–Crippen LogP) is 1.06. The summed E-state index contributed by atoms with van der Waals surface area (Å²) in [4.78, 5) is 18.0. The first kappa shape index (κ1) is 12.8. The monoisotopic (exact) mass is 249 g/mol. The van der Waals surface area contributed by atoms with E-state index in [2.05, 4.69) is 10.3 Å². The lowest BCUT2D eigenvalue weighted by atomic mass is 10.2. The number of rotatable bonds is 4. The number of pyridine rings is 1. The molecule has 2 heterocycles. The molecule has 5 nitrogen and oxygen atoms in total. The molecule has 1 saturated heterocycles. The van der Waals surface area contributed by atoms with Crippen LogP contribution < -0.4 is 10.2 Å². The number of nitrogens with zero attached hydrogens (tertiary/aromatic N) is 2. The summed E-state index contributed by atoms with van der Waals surface area (Å²) in [6.07, 6.45) is 3.93. The molecule has 1 N–H and O–H groups in total. The Labute approximate surface area is 107 Å². The fraction of sp³-hybridized carbons (Fsp3) is 0.538. The number of hydrogen-bond acceptors (Lipinski definition) is 4. The first-order chi connectivity index (χ1) is 8.66. The van der Waals surface area contributed by atoms with Gasteiger partial charge in [-0.3, -0.25) is 4.79 Å². The van der Waals surface area contributed by atoms with E-state index in [1.54, 1.807) is 18.3 Å². The average Bonchev–Trinajstić information content (AvgIpc) is 2.89. The predicted molar refractivity (Wildman–Crippen MR) is 69.9 cm³/mol. The Morgan fingerprint density at radius 2 is 2.44 bits per heavy atom. The van der Waals surface area contributed by atoms with Gasteiger partial charge in [-0.25, -0.2) is 4.98 Å². The van der Waals surface area contributed by atoms with Gasteiger partial charge in [-0.15, -0.1) is 0 Å². The molecule has 1 unspecified atom stereocenters. The smallest absolute Gasteiger partial charge is 0.251 e. The van der Waals surface area contributed by atoms with Crippen LogP contribution in [0, 0.1) is 0 Å². The summed E-state index contributed by atoms with van der Waals surface area (Å²) in [6, 6.07) is 3.50. The summed E-state index contributed by atoms with van der Waals surface area (Å²) in [5.74, 6) is 0.704. The topological polar surface area (TPSA) is 54.5 Å². The Balaban J connectivity index is 1.93. The van der Waals surface area contributed by atoms with Gasteiger partial charge in [0.2, 0.25) is 0 Å². The maximum atomic E-state index is 12.0. The highest BCUT2D eigenvalue weighted by atomic mass is 16.5. The van der Waals surface area contributed by atoms with Crippen LogP contribution in [0.4, 0.5) is 5.82 Å². The first-order valence-electron chi connectivity index (χ1n) is 6.20. The number of nitrogens with one attached hydrogen (secondary N) is 1. The normalized spacial score (nSPS) is 18.7. The summed E-state index contributed by atoms with van der Waals surface area (Å²) in [7, 11) is 3.80. The Kier molecular flexibility index (Phi) is 4.15. The van der Waals surface area contributed by atoms with Gasteiger partial charge in [0.05, 0.1) is 6.10 Å². The third-order valence-electron chi connectivity index (χ3n) is 2.98. The molecule has 1 aromatic rings. The summed E-state index contributed by atoms with van der Waals surface area (Å²) >= 11 is 0. The second kappa shape index (κ2) is 5.82. The minimum absolute atomic E-state index is 0.0731. The van der Waals surface area contributed by atoms with Crippen molar-refractivity contribution in [2.45, 2.75) is 18.9 Å². The van der Waals surface area contributed by atoms with Crippen molar-refractivity contribution in [2.24, 2.45) is 0 Å². The highest BCUT2D eigenvalue weighted by Gasteiger charge is 2.16. The lowest BCUT2D eigenvalue weighted by Crippen LogP contribution is -2.31. The third kappa shape index (κ3) is 3.20. The van der Waals surface area contributed by atoms with Crippen LogP contribution >= 0.6 is 0 Å². The lowest BCUT2D eigenvalue weighted by molar-refractivity contribution is 0.0857. The first-order valence-corrected chi connectivity index (χ1v) is 6.20. The van der Waals surface area contributed by atoms with Gasteiger partial charge in [0.1, 0.15) is 5.82 Å². The van der Waals surface area contributed by atoms with Gasteiger partial charge in [0.25, 0.3) is 5.91 Å². The second-order valence-electron chi connectivity index (χ2n) is 4.64. The Morgan fingerprint density at radius 1 is 1.61 bits per heavy atom. The fourth-order valence-electron chi connectivity index (χ4n) is 1.92. The van der Waals surface area contributed by atoms with Crippen LogP contribution in [0.2, 0.25) is 0 Å². The van der Waals surface area contributed by atoms with E-state index in [1.165, 1.54) is 0 Å². The van der Waals surface area contributed by atoms with Gasteiger partial charge in [-0.1, -0.05) is 0 Å². The number of aromatic nitrogens is 1. The van der Waals surface area contributed by atoms with Crippen molar-refractivity contribution in [2.75, 3.05) is 32.1 Å². The van der Waals surface area contributed by atoms with E-state index in [-0.39, 0.29) is 12.0 Å². The van der Waals surface area contributed by atoms with E-state index in [4.69, 9.17) is 4.74 Å². The minimum Gasteiger partial charge on any atom is -0.376 e. The second-order valence-corrected chi connectivity index (χ2v) is 4.64. The number of amides is 1. The zero-order chi connectivity index (χ0) is 13.0. The molecule has 18 heavy (non-hydrogen) atoms. The molecule has 1 aromatic heterocycles. The largest absolute Gasteiger partial charge is 0.376 e. The molecular formula is C13H19N3O2. The minimum atomic E-state index is -0.0731. The highest BCUT2D eigenvalue weighted by Crippen LogP contribution is 2.12. The third-order valence-corrected chi connectivity index (χ3v) is 2.98. The van der Waals surface area contributed by atoms with Crippen molar-refractivity contribution in [3.63, 3.8) is 0 Å². The van der Waals surface area contributed by atoms with Gasteiger partial charge in [0, 0.05) is 39.0 Å². The molecule has 1 amide bonds. The molecule has 1 fully saturated rings. The molecule has 0 bridgehead atoms. The van der Waals surface area contributed by atoms with E-state index in [0.717, 1.165) is 25.3 Å². The summed E-state index contributed by atoms with van der Waals surface area (Å²) in [6.45, 7) is 1.39. The number of carbonyl (C=O) groups is 1. The van der Waals surface area contributed by atoms with E-state index in [0.29, 0.717) is 12.1 Å². The van der Waals surface area contributed by atoms with Crippen LogP contribution in [0.15, 0.2) is 18.3 Å². The average molecular weight is 249 g/mol. The number of carbonyl (C=O) groups excluding carboxylic acids is 1. The van der Waals surface area contributed by atoms with E-state index >= 15 is 0 Å². The van der Waals surface area contributed by atoms with Gasteiger partial charge < -0.3 is 15.0 Å². The van der Waals surface area contributed by atoms with Gasteiger partial charge in [-0.05, 0) is 25.0 Å². The maximum Gasteiger partial charge on any atom is 0.251 e. The van der Waals surface area contributed by atoms with Gasteiger partial charge in [0.15, 0.2) is 0 Å². The van der Waals surface area contributed by atoms with Gasteiger partial charge >= 0.3 is 0 Å². The van der Waals surface area contributed by atoms with Crippen LogP contribution in [0.25, 0.3) is 0 Å². The molecule has 0 aliphatic carbocycles. The number of anilines is 1. The molecule has 0 radical (unpaired) electrons. The quantitative estimate of drug-likeness (QED) is 0.867. The highest BCUT2D eigenvalue weighted by molar-refractivity contribution is 5.94. The summed E-state index contributed by atoms with van der Waals surface area (Å²) in [5.41, 5.74) is 0.631. The van der Waals surface area contributed by atoms with E-state index < -0.39 is 0 Å². The molecule has 0 aromatic carbocycles. The summed E-state index contributed by atoms with van der Waals surface area (Å²) in [5, 5.41) is 2.90. The van der Waals surface area contributed by atoms with Crippen LogP contribution in [-0.2, 0) is 4.74 Å². The molecule has 1 aliphatic heterocycles. The van der Waals surface area contributed by atoms with E-state index in [9.17, 15) is 4.79 Å². The van der Waals surface area contributed by atoms with Crippen LogP contribution in [-0.4, -0.2) is 44.2 Å². The van der Waals surface area contributed by atoms with Crippen LogP contribution in [0.5, 0.6) is 0 Å². The van der Waals surface area contributed by atoms with Crippen molar-refractivity contribution >= 4 is 11.7 Å².